The lowest BCUT2D eigenvalue weighted by atomic mass is 10.1. The van der Waals surface area contributed by atoms with Crippen LogP contribution in [0.25, 0.3) is 10.9 Å². The molecule has 0 bridgehead atoms. The van der Waals surface area contributed by atoms with Crippen LogP contribution in [-0.4, -0.2) is 22.5 Å². The van der Waals surface area contributed by atoms with E-state index >= 15 is 0 Å². The molecule has 1 N–H and O–H groups in total. The van der Waals surface area contributed by atoms with E-state index < -0.39 is 0 Å². The van der Waals surface area contributed by atoms with Crippen LogP contribution in [0.3, 0.4) is 0 Å². The van der Waals surface area contributed by atoms with Crippen LogP contribution in [0, 0.1) is 0 Å². The normalized spacial score (nSPS) is 10.7. The molecule has 0 amide bonds. The van der Waals surface area contributed by atoms with Gasteiger partial charge in [0.15, 0.2) is 0 Å². The Bertz CT molecular complexity index is 545. The van der Waals surface area contributed by atoms with E-state index in [9.17, 15) is 10.0 Å². The van der Waals surface area contributed by atoms with Crippen molar-refractivity contribution in [1.82, 2.24) is 4.73 Å². The Kier molecular flexibility index (Phi) is 3.87. The number of benzene rings is 1. The zero-order valence-corrected chi connectivity index (χ0v) is 10.4. The summed E-state index contributed by atoms with van der Waals surface area (Å²) in [7, 11) is 0. The second-order valence-electron chi connectivity index (χ2n) is 4.31. The van der Waals surface area contributed by atoms with E-state index in [0.29, 0.717) is 6.61 Å². The number of unbranched alkanes of at least 4 members (excludes halogenated alkanes) is 1. The summed E-state index contributed by atoms with van der Waals surface area (Å²) in [5.74, 6) is -0.234. The average molecular weight is 247 g/mol. The Morgan fingerprint density at radius 1 is 1.33 bits per heavy atom. The van der Waals surface area contributed by atoms with E-state index in [2.05, 4.69) is 0 Å². The zero-order valence-electron chi connectivity index (χ0n) is 10.4. The lowest BCUT2D eigenvalue weighted by Crippen LogP contribution is -2.00. The third-order valence-electron chi connectivity index (χ3n) is 2.92. The molecule has 0 fully saturated rings. The number of aromatic nitrogens is 1. The number of hydrogen-bond acceptors (Lipinski definition) is 3. The molecule has 0 aliphatic heterocycles. The zero-order chi connectivity index (χ0) is 13.0. The van der Waals surface area contributed by atoms with Gasteiger partial charge in [0.25, 0.3) is 0 Å². The molecule has 2 aromatic rings. The van der Waals surface area contributed by atoms with Crippen LogP contribution in [0.5, 0.6) is 0 Å². The molecule has 0 saturated heterocycles. The molecule has 1 aromatic heterocycles. The SMILES string of the molecule is CC(=O)OCCCCc1cn(O)c2ccccc12. The molecule has 1 heterocycles. The van der Waals surface area contributed by atoms with Gasteiger partial charge in [0.1, 0.15) is 0 Å². The van der Waals surface area contributed by atoms with Crippen LogP contribution >= 0.6 is 0 Å². The van der Waals surface area contributed by atoms with Crippen LogP contribution in [0.15, 0.2) is 30.5 Å². The third kappa shape index (κ3) is 2.83. The first kappa shape index (κ1) is 12.5. The van der Waals surface area contributed by atoms with Crippen LogP contribution in [0.1, 0.15) is 25.3 Å². The minimum Gasteiger partial charge on any atom is -0.466 e. The van der Waals surface area contributed by atoms with Gasteiger partial charge in [-0.2, -0.15) is 4.73 Å². The smallest absolute Gasteiger partial charge is 0.302 e. The second kappa shape index (κ2) is 5.58. The number of ether oxygens (including phenoxy) is 1. The standard InChI is InChI=1S/C14H17NO3/c1-11(16)18-9-5-4-6-12-10-15(17)14-8-3-2-7-13(12)14/h2-3,7-8,10,17H,4-6,9H2,1H3. The fraction of sp³-hybridized carbons (Fsp3) is 0.357. The number of esters is 1. The van der Waals surface area contributed by atoms with Gasteiger partial charge in [-0.05, 0) is 30.9 Å². The number of nitrogens with zero attached hydrogens (tertiary/aromatic N) is 1. The minimum absolute atomic E-state index is 0.234. The lowest BCUT2D eigenvalue weighted by Gasteiger charge is -2.01. The maximum Gasteiger partial charge on any atom is 0.302 e. The first-order chi connectivity index (χ1) is 8.68. The molecule has 0 aliphatic rings. The van der Waals surface area contributed by atoms with Gasteiger partial charge in [0, 0.05) is 18.5 Å². The summed E-state index contributed by atoms with van der Waals surface area (Å²) >= 11 is 0. The first-order valence-electron chi connectivity index (χ1n) is 6.10. The number of carbonyl (C=O) groups excluding carboxylic acids is 1. The number of carbonyl (C=O) groups is 1. The molecular formula is C14H17NO3. The van der Waals surface area contributed by atoms with E-state index in [1.807, 2.05) is 24.3 Å². The monoisotopic (exact) mass is 247 g/mol. The molecule has 0 radical (unpaired) electrons. The van der Waals surface area contributed by atoms with Crippen molar-refractivity contribution in [3.63, 3.8) is 0 Å². The Labute approximate surface area is 106 Å². The summed E-state index contributed by atoms with van der Waals surface area (Å²) in [6.07, 6.45) is 4.39. The van der Waals surface area contributed by atoms with Gasteiger partial charge >= 0.3 is 5.97 Å². The summed E-state index contributed by atoms with van der Waals surface area (Å²) in [4.78, 5) is 10.6. The molecule has 0 unspecified atom stereocenters. The van der Waals surface area contributed by atoms with E-state index in [0.717, 1.165) is 40.5 Å². The predicted molar refractivity (Wildman–Crippen MR) is 68.7 cm³/mol. The number of para-hydroxylation sites is 1. The summed E-state index contributed by atoms with van der Waals surface area (Å²) in [6, 6.07) is 7.76. The van der Waals surface area contributed by atoms with E-state index in [1.165, 1.54) is 6.92 Å². The molecular weight excluding hydrogens is 230 g/mol. The number of aryl methyl sites for hydroxylation is 1. The fourth-order valence-corrected chi connectivity index (χ4v) is 2.06. The Hall–Kier alpha value is -1.97. The minimum atomic E-state index is -0.234. The average Bonchev–Trinajstić information content (AvgIpc) is 2.66. The van der Waals surface area contributed by atoms with Crippen molar-refractivity contribution < 1.29 is 14.7 Å². The maximum atomic E-state index is 10.6. The van der Waals surface area contributed by atoms with Crippen LogP contribution in [-0.2, 0) is 16.0 Å². The van der Waals surface area contributed by atoms with E-state index in [1.54, 1.807) is 6.20 Å². The van der Waals surface area contributed by atoms with Gasteiger partial charge in [-0.3, -0.25) is 4.79 Å². The highest BCUT2D eigenvalue weighted by molar-refractivity contribution is 5.83. The van der Waals surface area contributed by atoms with E-state index in [-0.39, 0.29) is 5.97 Å². The van der Waals surface area contributed by atoms with Crippen LogP contribution in [0.2, 0.25) is 0 Å². The Balaban J connectivity index is 1.94. The van der Waals surface area contributed by atoms with Crippen molar-refractivity contribution in [2.75, 3.05) is 6.61 Å². The van der Waals surface area contributed by atoms with Crippen molar-refractivity contribution in [3.05, 3.63) is 36.0 Å². The fourth-order valence-electron chi connectivity index (χ4n) is 2.06. The van der Waals surface area contributed by atoms with Gasteiger partial charge < -0.3 is 9.94 Å². The highest BCUT2D eigenvalue weighted by atomic mass is 16.5. The molecule has 0 saturated carbocycles. The van der Waals surface area contributed by atoms with E-state index in [4.69, 9.17) is 4.74 Å². The van der Waals surface area contributed by atoms with Crippen LogP contribution in [0.4, 0.5) is 0 Å². The number of fused-ring (bicyclic) bond motifs is 1. The summed E-state index contributed by atoms with van der Waals surface area (Å²) < 4.78 is 6.04. The molecule has 0 spiro atoms. The van der Waals surface area contributed by atoms with Crippen LogP contribution < -0.4 is 0 Å². The van der Waals surface area contributed by atoms with Crippen molar-refractivity contribution in [1.29, 1.82) is 0 Å². The molecule has 4 nitrogen and oxygen atoms in total. The molecule has 4 heteroatoms. The topological polar surface area (TPSA) is 51.5 Å². The first-order valence-corrected chi connectivity index (χ1v) is 6.10. The summed E-state index contributed by atoms with van der Waals surface area (Å²) in [6.45, 7) is 1.88. The number of rotatable bonds is 5. The van der Waals surface area contributed by atoms with Gasteiger partial charge in [0.05, 0.1) is 12.1 Å². The van der Waals surface area contributed by atoms with Crippen molar-refractivity contribution >= 4 is 16.9 Å². The van der Waals surface area contributed by atoms with Crippen molar-refractivity contribution in [2.24, 2.45) is 0 Å². The highest BCUT2D eigenvalue weighted by Crippen LogP contribution is 2.21. The molecule has 1 aromatic carbocycles. The van der Waals surface area contributed by atoms with Gasteiger partial charge in [-0.15, -0.1) is 0 Å². The predicted octanol–water partition coefficient (Wildman–Crippen LogP) is 2.76. The molecule has 96 valence electrons. The van der Waals surface area contributed by atoms with Gasteiger partial charge in [0.2, 0.25) is 0 Å². The molecule has 0 aliphatic carbocycles. The maximum absolute atomic E-state index is 10.6. The third-order valence-corrected chi connectivity index (χ3v) is 2.92. The summed E-state index contributed by atoms with van der Waals surface area (Å²) in [5.41, 5.74) is 1.95. The Morgan fingerprint density at radius 2 is 2.11 bits per heavy atom. The van der Waals surface area contributed by atoms with Gasteiger partial charge in [-0.1, -0.05) is 18.2 Å². The van der Waals surface area contributed by atoms with Crippen molar-refractivity contribution in [3.8, 4) is 0 Å². The van der Waals surface area contributed by atoms with Crippen molar-refractivity contribution in [2.45, 2.75) is 26.2 Å². The highest BCUT2D eigenvalue weighted by Gasteiger charge is 2.06. The lowest BCUT2D eigenvalue weighted by molar-refractivity contribution is -0.141. The summed E-state index contributed by atoms with van der Waals surface area (Å²) in [5, 5.41) is 10.8. The largest absolute Gasteiger partial charge is 0.466 e. The van der Waals surface area contributed by atoms with Gasteiger partial charge in [-0.25, -0.2) is 0 Å². The molecule has 2 rings (SSSR count). The molecule has 0 atom stereocenters. The second-order valence-corrected chi connectivity index (χ2v) is 4.31. The quantitative estimate of drug-likeness (QED) is 0.502. The molecule has 18 heavy (non-hydrogen) atoms. The number of hydrogen-bond donors (Lipinski definition) is 1. The Morgan fingerprint density at radius 3 is 2.89 bits per heavy atom.